The fraction of sp³-hybridized carbons (Fsp3) is 0.353. The summed E-state index contributed by atoms with van der Waals surface area (Å²) in [6, 6.07) is 10.3. The van der Waals surface area contributed by atoms with Crippen LogP contribution in [0.2, 0.25) is 0 Å². The topological polar surface area (TPSA) is 98.9 Å². The maximum atomic E-state index is 12.6. The van der Waals surface area contributed by atoms with Crippen LogP contribution < -0.4 is 16.0 Å². The number of aromatic amines is 1. The molecular weight excluding hydrogens is 306 g/mol. The second kappa shape index (κ2) is 7.74. The first kappa shape index (κ1) is 16.2. The third kappa shape index (κ3) is 4.20. The van der Waals surface area contributed by atoms with Crippen LogP contribution in [0.5, 0.6) is 0 Å². The van der Waals surface area contributed by atoms with E-state index in [0.29, 0.717) is 12.2 Å². The monoisotopic (exact) mass is 327 g/mol. The number of H-pyrrole nitrogens is 1. The molecule has 3 rings (SSSR count). The highest BCUT2D eigenvalue weighted by Gasteiger charge is 2.25. The van der Waals surface area contributed by atoms with Crippen LogP contribution >= 0.6 is 0 Å². The van der Waals surface area contributed by atoms with Gasteiger partial charge in [0.2, 0.25) is 5.91 Å². The van der Waals surface area contributed by atoms with E-state index in [9.17, 15) is 9.59 Å². The summed E-state index contributed by atoms with van der Waals surface area (Å²) in [6.45, 7) is 0.945. The van der Waals surface area contributed by atoms with Crippen molar-refractivity contribution in [1.82, 2.24) is 20.8 Å². The Morgan fingerprint density at radius 2 is 2.08 bits per heavy atom. The summed E-state index contributed by atoms with van der Waals surface area (Å²) >= 11 is 0. The molecule has 1 fully saturated rings. The third-order valence-corrected chi connectivity index (χ3v) is 4.05. The molecule has 1 aromatic carbocycles. The van der Waals surface area contributed by atoms with Crippen LogP contribution in [0.15, 0.2) is 42.6 Å². The molecule has 0 spiro atoms. The number of aromatic nitrogens is 2. The Labute approximate surface area is 140 Å². The van der Waals surface area contributed by atoms with Crippen LogP contribution in [0.1, 0.15) is 30.9 Å². The second-order valence-electron chi connectivity index (χ2n) is 5.87. The van der Waals surface area contributed by atoms with Gasteiger partial charge in [-0.05, 0) is 24.9 Å². The quantitative estimate of drug-likeness (QED) is 0.643. The van der Waals surface area contributed by atoms with Gasteiger partial charge in [-0.1, -0.05) is 30.3 Å². The van der Waals surface area contributed by atoms with E-state index in [0.717, 1.165) is 24.9 Å². The molecule has 4 N–H and O–H groups in total. The molecule has 1 aliphatic rings. The van der Waals surface area contributed by atoms with E-state index in [1.807, 2.05) is 30.3 Å². The van der Waals surface area contributed by atoms with Crippen LogP contribution in [0, 0.1) is 0 Å². The number of nitrogens with zero attached hydrogens (tertiary/aromatic N) is 1. The Bertz CT molecular complexity index is 666. The number of benzene rings is 1. The van der Waals surface area contributed by atoms with Gasteiger partial charge in [-0.3, -0.25) is 14.7 Å². The first-order valence-electron chi connectivity index (χ1n) is 8.10. The maximum Gasteiger partial charge on any atom is 0.252 e. The normalized spacial score (nSPS) is 18.1. The number of carbonyl (C=O) groups is 2. The molecule has 0 saturated carbocycles. The number of carbonyl (C=O) groups excluding carboxylic acids is 2. The molecule has 2 amide bonds. The van der Waals surface area contributed by atoms with Crippen molar-refractivity contribution in [2.24, 2.45) is 0 Å². The number of hydrogen-bond donors (Lipinski definition) is 4. The molecule has 7 heteroatoms. The molecule has 1 aromatic heterocycles. The van der Waals surface area contributed by atoms with Crippen molar-refractivity contribution in [3.8, 4) is 0 Å². The van der Waals surface area contributed by atoms with Crippen molar-refractivity contribution < 1.29 is 9.59 Å². The van der Waals surface area contributed by atoms with E-state index in [2.05, 4.69) is 26.1 Å². The molecule has 0 radical (unpaired) electrons. The number of amides is 2. The van der Waals surface area contributed by atoms with E-state index in [1.54, 1.807) is 12.3 Å². The predicted molar refractivity (Wildman–Crippen MR) is 90.2 cm³/mol. The van der Waals surface area contributed by atoms with E-state index >= 15 is 0 Å². The first-order chi connectivity index (χ1) is 11.7. The summed E-state index contributed by atoms with van der Waals surface area (Å²) in [6.07, 6.45) is 4.00. The molecule has 126 valence electrons. The van der Waals surface area contributed by atoms with Crippen LogP contribution in [-0.4, -0.2) is 34.6 Å². The highest BCUT2D eigenvalue weighted by atomic mass is 16.2. The molecule has 2 unspecified atom stereocenters. The van der Waals surface area contributed by atoms with Gasteiger partial charge < -0.3 is 16.0 Å². The number of rotatable bonds is 6. The first-order valence-corrected chi connectivity index (χ1v) is 8.10. The largest absolute Gasteiger partial charge is 0.340 e. The average Bonchev–Trinajstić information content (AvgIpc) is 3.27. The Morgan fingerprint density at radius 3 is 2.75 bits per heavy atom. The number of anilines is 1. The Kier molecular flexibility index (Phi) is 5.22. The van der Waals surface area contributed by atoms with Crippen molar-refractivity contribution in [2.45, 2.75) is 31.3 Å². The summed E-state index contributed by atoms with van der Waals surface area (Å²) in [5.74, 6) is 0.0498. The van der Waals surface area contributed by atoms with E-state index < -0.39 is 6.04 Å². The standard InChI is InChI=1S/C17H21N5O2/c23-15(11-13-7-4-9-18-13)21-16(12-5-2-1-3-6-12)17(24)20-14-8-10-19-22-14/h1-3,5-6,8,10,13,16,18H,4,7,9,11H2,(H,21,23)(H2,19,20,22,24). The lowest BCUT2D eigenvalue weighted by Crippen LogP contribution is -2.39. The minimum absolute atomic E-state index is 0.136. The maximum absolute atomic E-state index is 12.6. The Hall–Kier alpha value is -2.67. The van der Waals surface area contributed by atoms with Gasteiger partial charge >= 0.3 is 0 Å². The molecule has 7 nitrogen and oxygen atoms in total. The molecule has 2 atom stereocenters. The lowest BCUT2D eigenvalue weighted by molar-refractivity contribution is -0.127. The molecular formula is C17H21N5O2. The van der Waals surface area contributed by atoms with E-state index in [4.69, 9.17) is 0 Å². The van der Waals surface area contributed by atoms with Gasteiger partial charge in [0.05, 0.1) is 6.20 Å². The summed E-state index contributed by atoms with van der Waals surface area (Å²) in [4.78, 5) is 24.9. The lowest BCUT2D eigenvalue weighted by Gasteiger charge is -2.19. The highest BCUT2D eigenvalue weighted by Crippen LogP contribution is 2.16. The Balaban J connectivity index is 1.69. The van der Waals surface area contributed by atoms with Gasteiger partial charge in [0.25, 0.3) is 5.91 Å². The van der Waals surface area contributed by atoms with Gasteiger partial charge in [0.1, 0.15) is 11.9 Å². The minimum atomic E-state index is -0.747. The summed E-state index contributed by atoms with van der Waals surface area (Å²) in [7, 11) is 0. The number of hydrogen-bond acceptors (Lipinski definition) is 4. The molecule has 2 heterocycles. The van der Waals surface area contributed by atoms with Crippen molar-refractivity contribution in [1.29, 1.82) is 0 Å². The lowest BCUT2D eigenvalue weighted by atomic mass is 10.1. The molecule has 24 heavy (non-hydrogen) atoms. The Morgan fingerprint density at radius 1 is 1.25 bits per heavy atom. The molecule has 0 bridgehead atoms. The fourth-order valence-electron chi connectivity index (χ4n) is 2.85. The van der Waals surface area contributed by atoms with Gasteiger partial charge in [0, 0.05) is 18.5 Å². The van der Waals surface area contributed by atoms with Gasteiger partial charge in [-0.15, -0.1) is 0 Å². The SMILES string of the molecule is O=C(CC1CCCN1)NC(C(=O)Nc1ccn[nH]1)c1ccccc1. The van der Waals surface area contributed by atoms with Crippen LogP contribution in [0.3, 0.4) is 0 Å². The van der Waals surface area contributed by atoms with Crippen molar-refractivity contribution in [2.75, 3.05) is 11.9 Å². The van der Waals surface area contributed by atoms with Crippen molar-refractivity contribution in [3.05, 3.63) is 48.2 Å². The fourth-order valence-corrected chi connectivity index (χ4v) is 2.85. The summed E-state index contributed by atoms with van der Waals surface area (Å²) < 4.78 is 0. The molecule has 1 aliphatic heterocycles. The zero-order chi connectivity index (χ0) is 16.8. The minimum Gasteiger partial charge on any atom is -0.340 e. The van der Waals surface area contributed by atoms with Crippen molar-refractivity contribution >= 4 is 17.6 Å². The zero-order valence-corrected chi connectivity index (χ0v) is 13.3. The van der Waals surface area contributed by atoms with Crippen LogP contribution in [0.25, 0.3) is 0 Å². The van der Waals surface area contributed by atoms with Gasteiger partial charge in [-0.25, -0.2) is 0 Å². The number of nitrogens with one attached hydrogen (secondary N) is 4. The van der Waals surface area contributed by atoms with Crippen LogP contribution in [-0.2, 0) is 9.59 Å². The van der Waals surface area contributed by atoms with Gasteiger partial charge in [-0.2, -0.15) is 5.10 Å². The third-order valence-electron chi connectivity index (χ3n) is 4.05. The predicted octanol–water partition coefficient (Wildman–Crippen LogP) is 1.35. The van der Waals surface area contributed by atoms with E-state index in [-0.39, 0.29) is 17.9 Å². The van der Waals surface area contributed by atoms with Crippen molar-refractivity contribution in [3.63, 3.8) is 0 Å². The van der Waals surface area contributed by atoms with E-state index in [1.165, 1.54) is 0 Å². The highest BCUT2D eigenvalue weighted by molar-refractivity contribution is 5.97. The zero-order valence-electron chi connectivity index (χ0n) is 13.3. The second-order valence-corrected chi connectivity index (χ2v) is 5.87. The molecule has 2 aromatic rings. The molecule has 1 saturated heterocycles. The average molecular weight is 327 g/mol. The summed E-state index contributed by atoms with van der Waals surface area (Å²) in [5, 5.41) is 15.4. The smallest absolute Gasteiger partial charge is 0.252 e. The summed E-state index contributed by atoms with van der Waals surface area (Å²) in [5.41, 5.74) is 0.738. The van der Waals surface area contributed by atoms with Crippen LogP contribution in [0.4, 0.5) is 5.82 Å². The molecule has 0 aliphatic carbocycles. The van der Waals surface area contributed by atoms with Gasteiger partial charge in [0.15, 0.2) is 0 Å².